The molecule has 0 aliphatic heterocycles. The van der Waals surface area contributed by atoms with Crippen molar-refractivity contribution >= 4 is 21.8 Å². The molecule has 0 aliphatic rings. The minimum atomic E-state index is 0.309. The van der Waals surface area contributed by atoms with E-state index in [2.05, 4.69) is 26.1 Å². The summed E-state index contributed by atoms with van der Waals surface area (Å²) in [5.74, 6) is 0.309. The van der Waals surface area contributed by atoms with Gasteiger partial charge in [0.05, 0.1) is 5.56 Å². The molecule has 3 rings (SSSR count). The first-order valence-corrected chi connectivity index (χ1v) is 6.46. The van der Waals surface area contributed by atoms with Gasteiger partial charge < -0.3 is 10.3 Å². The van der Waals surface area contributed by atoms with Crippen LogP contribution < -0.4 is 5.73 Å². The van der Waals surface area contributed by atoms with Crippen LogP contribution in [0.2, 0.25) is 0 Å². The fourth-order valence-electron chi connectivity index (χ4n) is 1.91. The summed E-state index contributed by atoms with van der Waals surface area (Å²) in [7, 11) is 0. The summed E-state index contributed by atoms with van der Waals surface area (Å²) in [5.41, 5.74) is 9.30. The number of hydrogen-bond donors (Lipinski definition) is 1. The van der Waals surface area contributed by atoms with E-state index in [9.17, 15) is 0 Å². The molecule has 0 saturated heterocycles. The third-order valence-electron chi connectivity index (χ3n) is 2.81. The van der Waals surface area contributed by atoms with Crippen molar-refractivity contribution in [2.45, 2.75) is 0 Å². The molecule has 0 radical (unpaired) electrons. The van der Waals surface area contributed by atoms with Gasteiger partial charge in [-0.25, -0.2) is 0 Å². The molecule has 5 heteroatoms. The standard InChI is InChI=1S/C14H10BrN3O/c15-11-3-1-10(2-4-11)13-12(14(16)19-18-13)9-5-7-17-8-6-9/h1-8H,16H2. The average molecular weight is 316 g/mol. The highest BCUT2D eigenvalue weighted by Gasteiger charge is 2.17. The van der Waals surface area contributed by atoms with Gasteiger partial charge in [-0.05, 0) is 29.8 Å². The number of aromatic nitrogens is 2. The third-order valence-corrected chi connectivity index (χ3v) is 3.33. The lowest BCUT2D eigenvalue weighted by molar-refractivity contribution is 0.439. The van der Waals surface area contributed by atoms with Crippen LogP contribution in [0.1, 0.15) is 0 Å². The summed E-state index contributed by atoms with van der Waals surface area (Å²) in [4.78, 5) is 4.00. The Labute approximate surface area is 118 Å². The number of pyridine rings is 1. The largest absolute Gasteiger partial charge is 0.367 e. The molecule has 0 amide bonds. The molecule has 2 heterocycles. The maximum absolute atomic E-state index is 5.88. The molecule has 0 unspecified atom stereocenters. The van der Waals surface area contributed by atoms with Gasteiger partial charge >= 0.3 is 0 Å². The van der Waals surface area contributed by atoms with E-state index in [1.54, 1.807) is 12.4 Å². The van der Waals surface area contributed by atoms with Crippen molar-refractivity contribution in [3.63, 3.8) is 0 Å². The van der Waals surface area contributed by atoms with E-state index in [0.29, 0.717) is 5.88 Å². The van der Waals surface area contributed by atoms with Crippen molar-refractivity contribution < 1.29 is 4.52 Å². The highest BCUT2D eigenvalue weighted by molar-refractivity contribution is 9.10. The van der Waals surface area contributed by atoms with E-state index in [1.165, 1.54) is 0 Å². The maximum Gasteiger partial charge on any atom is 0.230 e. The Balaban J connectivity index is 2.16. The molecule has 0 atom stereocenters. The first-order valence-electron chi connectivity index (χ1n) is 5.67. The Morgan fingerprint density at radius 2 is 1.63 bits per heavy atom. The zero-order chi connectivity index (χ0) is 13.2. The summed E-state index contributed by atoms with van der Waals surface area (Å²) in [6.07, 6.45) is 3.43. The maximum atomic E-state index is 5.88. The quantitative estimate of drug-likeness (QED) is 0.782. The van der Waals surface area contributed by atoms with Gasteiger partial charge in [0.25, 0.3) is 0 Å². The first kappa shape index (κ1) is 11.9. The highest BCUT2D eigenvalue weighted by atomic mass is 79.9. The van der Waals surface area contributed by atoms with Gasteiger partial charge in [-0.2, -0.15) is 0 Å². The predicted molar refractivity (Wildman–Crippen MR) is 77.3 cm³/mol. The van der Waals surface area contributed by atoms with E-state index < -0.39 is 0 Å². The van der Waals surface area contributed by atoms with Crippen molar-refractivity contribution in [3.05, 3.63) is 53.3 Å². The second-order valence-electron chi connectivity index (χ2n) is 4.01. The lowest BCUT2D eigenvalue weighted by atomic mass is 10.0. The zero-order valence-corrected chi connectivity index (χ0v) is 11.5. The normalized spacial score (nSPS) is 10.6. The number of nitrogen functional groups attached to an aromatic ring is 1. The molecule has 0 bridgehead atoms. The number of benzene rings is 1. The summed E-state index contributed by atoms with van der Waals surface area (Å²) >= 11 is 3.41. The van der Waals surface area contributed by atoms with Crippen molar-refractivity contribution in [3.8, 4) is 22.4 Å². The van der Waals surface area contributed by atoms with Gasteiger partial charge in [0.2, 0.25) is 5.88 Å². The predicted octanol–water partition coefficient (Wildman–Crippen LogP) is 3.75. The van der Waals surface area contributed by atoms with E-state index in [1.807, 2.05) is 36.4 Å². The Hall–Kier alpha value is -2.14. The van der Waals surface area contributed by atoms with Crippen molar-refractivity contribution in [2.24, 2.45) is 0 Å². The second kappa shape index (κ2) is 4.85. The third kappa shape index (κ3) is 2.24. The van der Waals surface area contributed by atoms with E-state index in [-0.39, 0.29) is 0 Å². The summed E-state index contributed by atoms with van der Waals surface area (Å²) in [6.45, 7) is 0. The van der Waals surface area contributed by atoms with Gasteiger partial charge in [-0.15, -0.1) is 0 Å². The number of hydrogen-bond acceptors (Lipinski definition) is 4. The molecule has 0 saturated carbocycles. The molecule has 0 aliphatic carbocycles. The molecule has 2 N–H and O–H groups in total. The van der Waals surface area contributed by atoms with Crippen LogP contribution in [0.15, 0.2) is 57.8 Å². The molecule has 19 heavy (non-hydrogen) atoms. The number of nitrogens with zero attached hydrogens (tertiary/aromatic N) is 2. The molecule has 1 aromatic carbocycles. The highest BCUT2D eigenvalue weighted by Crippen LogP contribution is 2.36. The van der Waals surface area contributed by atoms with Gasteiger partial charge in [0.15, 0.2) is 0 Å². The van der Waals surface area contributed by atoms with Gasteiger partial charge in [-0.1, -0.05) is 33.2 Å². The van der Waals surface area contributed by atoms with Crippen LogP contribution in [0, 0.1) is 0 Å². The first-order chi connectivity index (χ1) is 9.25. The topological polar surface area (TPSA) is 64.9 Å². The smallest absolute Gasteiger partial charge is 0.230 e. The van der Waals surface area contributed by atoms with Crippen LogP contribution in [0.25, 0.3) is 22.4 Å². The van der Waals surface area contributed by atoms with E-state index in [0.717, 1.165) is 26.9 Å². The molecule has 2 aromatic heterocycles. The molecule has 94 valence electrons. The number of nitrogens with two attached hydrogens (primary N) is 1. The summed E-state index contributed by atoms with van der Waals surface area (Å²) < 4.78 is 6.14. The zero-order valence-electron chi connectivity index (χ0n) is 9.88. The fourth-order valence-corrected chi connectivity index (χ4v) is 2.17. The number of anilines is 1. The molecular weight excluding hydrogens is 306 g/mol. The van der Waals surface area contributed by atoms with Gasteiger partial charge in [0, 0.05) is 22.4 Å². The van der Waals surface area contributed by atoms with Crippen LogP contribution in [0.4, 0.5) is 5.88 Å². The Morgan fingerprint density at radius 3 is 2.32 bits per heavy atom. The number of rotatable bonds is 2. The van der Waals surface area contributed by atoms with Crippen LogP contribution in [-0.4, -0.2) is 10.1 Å². The van der Waals surface area contributed by atoms with Gasteiger partial charge in [0.1, 0.15) is 5.69 Å². The molecule has 0 spiro atoms. The number of halogens is 1. The van der Waals surface area contributed by atoms with E-state index >= 15 is 0 Å². The average Bonchev–Trinajstić information content (AvgIpc) is 2.82. The van der Waals surface area contributed by atoms with Crippen LogP contribution in [0.5, 0.6) is 0 Å². The van der Waals surface area contributed by atoms with Crippen LogP contribution in [0.3, 0.4) is 0 Å². The van der Waals surface area contributed by atoms with Crippen molar-refractivity contribution in [1.82, 2.24) is 10.1 Å². The van der Waals surface area contributed by atoms with E-state index in [4.69, 9.17) is 10.3 Å². The minimum absolute atomic E-state index is 0.309. The Kier molecular flexibility index (Phi) is 3.05. The lowest BCUT2D eigenvalue weighted by Crippen LogP contribution is -1.88. The SMILES string of the molecule is Nc1onc(-c2ccc(Br)cc2)c1-c1ccncc1. The fraction of sp³-hybridized carbons (Fsp3) is 0. The van der Waals surface area contributed by atoms with Gasteiger partial charge in [-0.3, -0.25) is 4.98 Å². The Morgan fingerprint density at radius 1 is 0.947 bits per heavy atom. The lowest BCUT2D eigenvalue weighted by Gasteiger charge is -2.02. The van der Waals surface area contributed by atoms with Crippen molar-refractivity contribution in [1.29, 1.82) is 0 Å². The molecule has 0 fully saturated rings. The monoisotopic (exact) mass is 315 g/mol. The van der Waals surface area contributed by atoms with Crippen LogP contribution in [-0.2, 0) is 0 Å². The Bertz CT molecular complexity index is 692. The summed E-state index contributed by atoms with van der Waals surface area (Å²) in [5, 5.41) is 4.06. The van der Waals surface area contributed by atoms with Crippen LogP contribution >= 0.6 is 15.9 Å². The molecule has 4 nitrogen and oxygen atoms in total. The molecule has 3 aromatic rings. The second-order valence-corrected chi connectivity index (χ2v) is 4.93. The molecular formula is C14H10BrN3O. The minimum Gasteiger partial charge on any atom is -0.367 e. The summed E-state index contributed by atoms with van der Waals surface area (Å²) in [6, 6.07) is 11.6. The van der Waals surface area contributed by atoms with Crippen molar-refractivity contribution in [2.75, 3.05) is 5.73 Å².